The Labute approximate surface area is 151 Å². The van der Waals surface area contributed by atoms with E-state index in [1.54, 1.807) is 12.3 Å². The van der Waals surface area contributed by atoms with E-state index in [0.29, 0.717) is 5.82 Å². The molecule has 3 nitrogen and oxygen atoms in total. The lowest BCUT2D eigenvalue weighted by Crippen LogP contribution is -1.99. The van der Waals surface area contributed by atoms with Gasteiger partial charge in [0, 0.05) is 6.20 Å². The highest BCUT2D eigenvalue weighted by molar-refractivity contribution is 5.28. The molecule has 0 aliphatic carbocycles. The van der Waals surface area contributed by atoms with Gasteiger partial charge in [0.05, 0.1) is 0 Å². The maximum atomic E-state index is 5.32. The van der Waals surface area contributed by atoms with Gasteiger partial charge in [-0.25, -0.2) is 4.98 Å². The lowest BCUT2D eigenvalue weighted by molar-refractivity contribution is 0.505. The third kappa shape index (κ3) is 28.3. The number of rotatable bonds is 5. The van der Waals surface area contributed by atoms with E-state index in [1.165, 1.54) is 31.3 Å². The number of pyridine rings is 1. The van der Waals surface area contributed by atoms with E-state index >= 15 is 0 Å². The number of hydrogen-bond donors (Lipinski definition) is 1. The molecule has 1 heterocycles. The van der Waals surface area contributed by atoms with Crippen LogP contribution < -0.4 is 5.73 Å². The summed E-state index contributed by atoms with van der Waals surface area (Å²) in [4.78, 5) is 5.86. The zero-order valence-corrected chi connectivity index (χ0v) is 16.8. The molecule has 2 N–H and O–H groups in total. The lowest BCUT2D eigenvalue weighted by atomic mass is 10.1. The van der Waals surface area contributed by atoms with Crippen LogP contribution >= 0.6 is 0 Å². The van der Waals surface area contributed by atoms with Crippen LogP contribution in [0.4, 0.5) is 5.82 Å². The molecule has 0 aliphatic rings. The van der Waals surface area contributed by atoms with E-state index in [-0.39, 0.29) is 0 Å². The third-order valence-electron chi connectivity index (χ3n) is 2.51. The Morgan fingerprint density at radius 2 is 1.75 bits per heavy atom. The number of allylic oxidation sites excluding steroid dienone is 3. The van der Waals surface area contributed by atoms with E-state index < -0.39 is 0 Å². The Kier molecular flexibility index (Phi) is 23.8. The molecular formula is C21H39N3. The van der Waals surface area contributed by atoms with Crippen molar-refractivity contribution in [2.45, 2.75) is 46.5 Å². The molecule has 1 aromatic rings. The molecule has 1 aromatic heterocycles. The average Bonchev–Trinajstić information content (AvgIpc) is 2.53. The highest BCUT2D eigenvalue weighted by Crippen LogP contribution is 2.07. The molecule has 0 fully saturated rings. The predicted octanol–water partition coefficient (Wildman–Crippen LogP) is 5.65. The summed E-state index contributed by atoms with van der Waals surface area (Å²) >= 11 is 0. The number of nitrogens with zero attached hydrogens (tertiary/aromatic N) is 2. The van der Waals surface area contributed by atoms with Crippen molar-refractivity contribution in [3.8, 4) is 0 Å². The number of hydrogen-bond acceptors (Lipinski definition) is 3. The fourth-order valence-corrected chi connectivity index (χ4v) is 1.42. The monoisotopic (exact) mass is 333 g/mol. The van der Waals surface area contributed by atoms with Gasteiger partial charge in [0.15, 0.2) is 0 Å². The molecule has 0 saturated carbocycles. The van der Waals surface area contributed by atoms with Gasteiger partial charge in [-0.05, 0) is 59.5 Å². The highest BCUT2D eigenvalue weighted by Gasteiger charge is 1.87. The summed E-state index contributed by atoms with van der Waals surface area (Å²) in [6.45, 7) is 16.0. The van der Waals surface area contributed by atoms with Crippen molar-refractivity contribution in [1.29, 1.82) is 0 Å². The number of nitrogen functional groups attached to an aromatic ring is 1. The largest absolute Gasteiger partial charge is 0.384 e. The Hall–Kier alpha value is -1.87. The summed E-state index contributed by atoms with van der Waals surface area (Å²) in [6, 6.07) is 3.72. The van der Waals surface area contributed by atoms with Crippen LogP contribution in [-0.2, 0) is 0 Å². The number of unbranched alkanes of at least 4 members (excludes halogenated alkanes) is 2. The molecule has 0 unspecified atom stereocenters. The molecule has 1 rings (SSSR count). The number of nitrogens with two attached hydrogens (primary N) is 1. The Bertz CT molecular complexity index is 382. The van der Waals surface area contributed by atoms with Gasteiger partial charge in [-0.1, -0.05) is 50.1 Å². The Morgan fingerprint density at radius 3 is 2.08 bits per heavy atom. The number of anilines is 1. The first-order valence-electron chi connectivity index (χ1n) is 8.40. The van der Waals surface area contributed by atoms with Gasteiger partial charge >= 0.3 is 0 Å². The summed E-state index contributed by atoms with van der Waals surface area (Å²) in [6.07, 6.45) is 10.9. The summed E-state index contributed by atoms with van der Waals surface area (Å²) in [5, 5.41) is 0. The quantitative estimate of drug-likeness (QED) is 0.430. The maximum Gasteiger partial charge on any atom is 0.123 e. The van der Waals surface area contributed by atoms with E-state index in [0.717, 1.165) is 5.56 Å². The van der Waals surface area contributed by atoms with Crippen molar-refractivity contribution < 1.29 is 0 Å². The fraction of sp³-hybridized carbons (Fsp3) is 0.476. The Morgan fingerprint density at radius 1 is 1.21 bits per heavy atom. The van der Waals surface area contributed by atoms with Gasteiger partial charge in [0.25, 0.3) is 0 Å². The van der Waals surface area contributed by atoms with Crippen LogP contribution in [0.25, 0.3) is 0 Å². The first kappa shape index (κ1) is 27.0. The minimum atomic E-state index is 0.579. The molecule has 24 heavy (non-hydrogen) atoms. The zero-order valence-electron chi connectivity index (χ0n) is 16.8. The second-order valence-corrected chi connectivity index (χ2v) is 5.81. The van der Waals surface area contributed by atoms with Gasteiger partial charge in [-0.15, -0.1) is 13.2 Å². The minimum absolute atomic E-state index is 0.579. The minimum Gasteiger partial charge on any atom is -0.384 e. The second-order valence-electron chi connectivity index (χ2n) is 5.81. The topological polar surface area (TPSA) is 42.1 Å². The molecule has 0 aliphatic heterocycles. The van der Waals surface area contributed by atoms with Gasteiger partial charge in [-0.2, -0.15) is 0 Å². The molecule has 0 spiro atoms. The van der Waals surface area contributed by atoms with Crippen LogP contribution in [-0.4, -0.2) is 31.0 Å². The van der Waals surface area contributed by atoms with Crippen LogP contribution in [0.1, 0.15) is 45.1 Å². The molecular weight excluding hydrogens is 294 g/mol. The highest BCUT2D eigenvalue weighted by atomic mass is 15.0. The van der Waals surface area contributed by atoms with Crippen molar-refractivity contribution in [3.63, 3.8) is 0 Å². The summed E-state index contributed by atoms with van der Waals surface area (Å²) in [5.74, 6) is 0.579. The average molecular weight is 334 g/mol. The number of aryl methyl sites for hydroxylation is 1. The summed E-state index contributed by atoms with van der Waals surface area (Å²) in [5.41, 5.74) is 7.90. The standard InChI is InChI=1S/C10H18.C6H8N2.C3H9N.C2H4/c1-4-6-7-9-10(3)8-5-2;1-5-2-3-6(7)8-4-5;1-4(2)3;1-2/h5,8H,2,4,6-7,9H2,1,3H3;2-4H,1H3,(H2,7,8);1-3H3;1-2H2/b10-8+;;;. The molecule has 0 aromatic carbocycles. The van der Waals surface area contributed by atoms with Gasteiger partial charge in [0.1, 0.15) is 5.82 Å². The van der Waals surface area contributed by atoms with Crippen LogP contribution in [0.15, 0.2) is 55.8 Å². The third-order valence-corrected chi connectivity index (χ3v) is 2.51. The molecule has 0 radical (unpaired) electrons. The van der Waals surface area contributed by atoms with Crippen LogP contribution in [0.3, 0.4) is 0 Å². The molecule has 138 valence electrons. The Balaban J connectivity index is -0.000000281. The zero-order chi connectivity index (χ0) is 19.4. The lowest BCUT2D eigenvalue weighted by Gasteiger charge is -1.97. The predicted molar refractivity (Wildman–Crippen MR) is 112 cm³/mol. The first-order chi connectivity index (χ1) is 11.3. The van der Waals surface area contributed by atoms with Crippen LogP contribution in [0.2, 0.25) is 0 Å². The molecule has 0 bridgehead atoms. The van der Waals surface area contributed by atoms with Gasteiger partial charge < -0.3 is 10.6 Å². The van der Waals surface area contributed by atoms with Gasteiger partial charge in [-0.3, -0.25) is 0 Å². The van der Waals surface area contributed by atoms with Crippen molar-refractivity contribution in [1.82, 2.24) is 9.88 Å². The van der Waals surface area contributed by atoms with Crippen LogP contribution in [0, 0.1) is 6.92 Å². The normalized spacial score (nSPS) is 9.54. The first-order valence-corrected chi connectivity index (χ1v) is 8.40. The smallest absolute Gasteiger partial charge is 0.123 e. The van der Waals surface area contributed by atoms with E-state index in [2.05, 4.69) is 44.6 Å². The van der Waals surface area contributed by atoms with Crippen molar-refractivity contribution >= 4 is 5.82 Å². The second kappa shape index (κ2) is 21.1. The molecule has 3 heteroatoms. The van der Waals surface area contributed by atoms with Gasteiger partial charge in [0.2, 0.25) is 0 Å². The van der Waals surface area contributed by atoms with Crippen molar-refractivity contribution in [2.24, 2.45) is 0 Å². The fourth-order valence-electron chi connectivity index (χ4n) is 1.42. The number of aromatic nitrogens is 1. The van der Waals surface area contributed by atoms with Crippen molar-refractivity contribution in [3.05, 3.63) is 61.4 Å². The summed E-state index contributed by atoms with van der Waals surface area (Å²) in [7, 11) is 6.00. The molecule has 0 atom stereocenters. The van der Waals surface area contributed by atoms with E-state index in [9.17, 15) is 0 Å². The van der Waals surface area contributed by atoms with E-state index in [4.69, 9.17) is 5.73 Å². The molecule has 0 amide bonds. The summed E-state index contributed by atoms with van der Waals surface area (Å²) < 4.78 is 0. The van der Waals surface area contributed by atoms with Crippen LogP contribution in [0.5, 0.6) is 0 Å². The molecule has 0 saturated heterocycles. The SMILES string of the molecule is C=C.C=C/C=C(\C)CCCCC.CN(C)C.Cc1ccc(N)nc1. The van der Waals surface area contributed by atoms with E-state index in [1.807, 2.05) is 45.1 Å². The maximum absolute atomic E-state index is 5.32. The van der Waals surface area contributed by atoms with Crippen molar-refractivity contribution in [2.75, 3.05) is 26.9 Å².